The van der Waals surface area contributed by atoms with Gasteiger partial charge in [-0.15, -0.1) is 18.3 Å². The number of carbonyl (C=O) groups is 1. The highest BCUT2D eigenvalue weighted by atomic mass is 32.2. The van der Waals surface area contributed by atoms with Gasteiger partial charge in [-0.3, -0.25) is 4.79 Å². The molecule has 0 unspecified atom stereocenters. The average Bonchev–Trinajstić information content (AvgIpc) is 2.74. The maximum Gasteiger partial charge on any atom is 0.254 e. The lowest BCUT2D eigenvalue weighted by Gasteiger charge is -2.30. The first kappa shape index (κ1) is 21.1. The summed E-state index contributed by atoms with van der Waals surface area (Å²) in [4.78, 5) is 27.9. The van der Waals surface area contributed by atoms with Crippen LogP contribution in [0, 0.1) is 0 Å². The number of hydrogen-bond acceptors (Lipinski definition) is 7. The van der Waals surface area contributed by atoms with E-state index in [0.717, 1.165) is 42.3 Å². The van der Waals surface area contributed by atoms with Gasteiger partial charge in [0.15, 0.2) is 0 Å². The fraction of sp³-hybridized carbons (Fsp3) is 0.429. The van der Waals surface area contributed by atoms with Crippen LogP contribution in [0.5, 0.6) is 0 Å². The Kier molecular flexibility index (Phi) is 7.46. The number of thioether (sulfide) groups is 1. The molecule has 2 heterocycles. The van der Waals surface area contributed by atoms with E-state index in [0.29, 0.717) is 17.6 Å². The second-order valence-corrected chi connectivity index (χ2v) is 8.26. The minimum atomic E-state index is -0.0527. The molecule has 1 fully saturated rings. The monoisotopic (exact) mass is 412 g/mol. The molecular weight excluding hydrogens is 384 g/mol. The predicted molar refractivity (Wildman–Crippen MR) is 119 cm³/mol. The number of hydrogen-bond donors (Lipinski definition) is 2. The van der Waals surface area contributed by atoms with Gasteiger partial charge in [0.05, 0.1) is 5.56 Å². The van der Waals surface area contributed by atoms with Gasteiger partial charge < -0.3 is 15.5 Å². The number of rotatable bonds is 8. The van der Waals surface area contributed by atoms with Crippen molar-refractivity contribution in [3.05, 3.63) is 48.8 Å². The van der Waals surface area contributed by atoms with Crippen LogP contribution in [0.2, 0.25) is 0 Å². The molecule has 0 saturated heterocycles. The van der Waals surface area contributed by atoms with Gasteiger partial charge in [-0.25, -0.2) is 9.97 Å². The highest BCUT2D eigenvalue weighted by Gasteiger charge is 2.24. The number of amides is 1. The van der Waals surface area contributed by atoms with E-state index in [-0.39, 0.29) is 11.9 Å². The normalized spacial score (nSPS) is 18.7. The fourth-order valence-electron chi connectivity index (χ4n) is 3.31. The standard InChI is InChI=1S/C21H28N6OS/c1-4-14-29-20-17(6-5-12-22-20)19(28)24-15-7-9-16(10-8-15)25-21-23-13-11-18(26-21)27(2)3/h4-6,11-13,15-16H,1,7-10,14H2,2-3H3,(H,24,28)(H,23,25,26). The van der Waals surface area contributed by atoms with E-state index in [1.165, 1.54) is 11.8 Å². The third kappa shape index (κ3) is 5.93. The summed E-state index contributed by atoms with van der Waals surface area (Å²) in [6, 6.07) is 6.01. The lowest BCUT2D eigenvalue weighted by molar-refractivity contribution is 0.0923. The molecule has 3 rings (SSSR count). The van der Waals surface area contributed by atoms with Crippen molar-refractivity contribution in [2.24, 2.45) is 0 Å². The van der Waals surface area contributed by atoms with Gasteiger partial charge in [0.1, 0.15) is 10.8 Å². The topological polar surface area (TPSA) is 83.0 Å². The van der Waals surface area contributed by atoms with Gasteiger partial charge in [0.2, 0.25) is 5.95 Å². The molecule has 2 N–H and O–H groups in total. The van der Waals surface area contributed by atoms with E-state index in [9.17, 15) is 4.79 Å². The number of aromatic nitrogens is 3. The van der Waals surface area contributed by atoms with Crippen LogP contribution in [0.3, 0.4) is 0 Å². The van der Waals surface area contributed by atoms with Gasteiger partial charge in [-0.1, -0.05) is 6.08 Å². The van der Waals surface area contributed by atoms with Crippen molar-refractivity contribution >= 4 is 29.4 Å². The first-order chi connectivity index (χ1) is 14.1. The highest BCUT2D eigenvalue weighted by molar-refractivity contribution is 7.99. The molecule has 0 spiro atoms. The van der Waals surface area contributed by atoms with Crippen molar-refractivity contribution in [1.29, 1.82) is 0 Å². The molecule has 1 aliphatic carbocycles. The summed E-state index contributed by atoms with van der Waals surface area (Å²) in [5, 5.41) is 7.35. The van der Waals surface area contributed by atoms with E-state index in [1.807, 2.05) is 37.2 Å². The molecule has 154 valence electrons. The Morgan fingerprint density at radius 2 is 1.97 bits per heavy atom. The third-order valence-corrected chi connectivity index (χ3v) is 5.85. The van der Waals surface area contributed by atoms with Crippen LogP contribution >= 0.6 is 11.8 Å². The molecule has 1 amide bonds. The largest absolute Gasteiger partial charge is 0.363 e. The Labute approximate surface area is 176 Å². The number of nitrogens with one attached hydrogen (secondary N) is 2. The van der Waals surface area contributed by atoms with Crippen molar-refractivity contribution in [2.45, 2.75) is 42.8 Å². The summed E-state index contributed by atoms with van der Waals surface area (Å²) >= 11 is 1.52. The smallest absolute Gasteiger partial charge is 0.254 e. The zero-order valence-electron chi connectivity index (χ0n) is 17.0. The minimum Gasteiger partial charge on any atom is -0.363 e. The predicted octanol–water partition coefficient (Wildman–Crippen LogP) is 3.37. The van der Waals surface area contributed by atoms with Crippen LogP contribution in [-0.2, 0) is 0 Å². The first-order valence-electron chi connectivity index (χ1n) is 9.83. The molecule has 0 aliphatic heterocycles. The number of carbonyl (C=O) groups excluding carboxylic acids is 1. The van der Waals surface area contributed by atoms with Gasteiger partial charge in [0, 0.05) is 44.3 Å². The van der Waals surface area contributed by atoms with Crippen molar-refractivity contribution in [1.82, 2.24) is 20.3 Å². The van der Waals surface area contributed by atoms with Gasteiger partial charge in [0.25, 0.3) is 5.91 Å². The van der Waals surface area contributed by atoms with Crippen LogP contribution in [0.25, 0.3) is 0 Å². The molecule has 2 aromatic rings. The first-order valence-corrected chi connectivity index (χ1v) is 10.8. The zero-order chi connectivity index (χ0) is 20.6. The Bertz CT molecular complexity index is 835. The lowest BCUT2D eigenvalue weighted by atomic mass is 9.91. The second kappa shape index (κ2) is 10.2. The molecule has 0 radical (unpaired) electrons. The van der Waals surface area contributed by atoms with Gasteiger partial charge >= 0.3 is 0 Å². The van der Waals surface area contributed by atoms with E-state index >= 15 is 0 Å². The number of anilines is 2. The van der Waals surface area contributed by atoms with Crippen LogP contribution < -0.4 is 15.5 Å². The van der Waals surface area contributed by atoms with Crippen LogP contribution in [0.1, 0.15) is 36.0 Å². The molecule has 0 aromatic carbocycles. The summed E-state index contributed by atoms with van der Waals surface area (Å²) in [6.07, 6.45) is 9.07. The van der Waals surface area contributed by atoms with Crippen LogP contribution in [0.4, 0.5) is 11.8 Å². The van der Waals surface area contributed by atoms with Crippen LogP contribution in [0.15, 0.2) is 48.3 Å². The molecule has 0 atom stereocenters. The maximum absolute atomic E-state index is 12.7. The van der Waals surface area contributed by atoms with E-state index < -0.39 is 0 Å². The number of nitrogens with zero attached hydrogens (tertiary/aromatic N) is 4. The summed E-state index contributed by atoms with van der Waals surface area (Å²) in [5.74, 6) is 2.21. The average molecular weight is 413 g/mol. The Balaban J connectivity index is 1.52. The van der Waals surface area contributed by atoms with Gasteiger partial charge in [-0.05, 0) is 43.9 Å². The molecular formula is C21H28N6OS. The summed E-state index contributed by atoms with van der Waals surface area (Å²) in [7, 11) is 3.92. The molecule has 8 heteroatoms. The lowest BCUT2D eigenvalue weighted by Crippen LogP contribution is -2.40. The van der Waals surface area contributed by atoms with Crippen molar-refractivity contribution in [2.75, 3.05) is 30.1 Å². The Hall–Kier alpha value is -2.61. The van der Waals surface area contributed by atoms with Crippen molar-refractivity contribution < 1.29 is 4.79 Å². The summed E-state index contributed by atoms with van der Waals surface area (Å²) in [6.45, 7) is 3.73. The SMILES string of the molecule is C=CCSc1ncccc1C(=O)NC1CCC(Nc2nccc(N(C)C)n2)CC1. The van der Waals surface area contributed by atoms with Crippen molar-refractivity contribution in [3.8, 4) is 0 Å². The minimum absolute atomic E-state index is 0.0527. The Morgan fingerprint density at radius 1 is 1.21 bits per heavy atom. The zero-order valence-corrected chi connectivity index (χ0v) is 17.8. The molecule has 1 saturated carbocycles. The number of pyridine rings is 1. The Morgan fingerprint density at radius 3 is 2.69 bits per heavy atom. The van der Waals surface area contributed by atoms with Gasteiger partial charge in [-0.2, -0.15) is 4.98 Å². The molecule has 1 aliphatic rings. The highest BCUT2D eigenvalue weighted by Crippen LogP contribution is 2.24. The molecule has 7 nitrogen and oxygen atoms in total. The van der Waals surface area contributed by atoms with Crippen LogP contribution in [-0.4, -0.2) is 52.8 Å². The van der Waals surface area contributed by atoms with E-state index in [2.05, 4.69) is 32.2 Å². The van der Waals surface area contributed by atoms with E-state index in [4.69, 9.17) is 0 Å². The fourth-order valence-corrected chi connectivity index (χ4v) is 4.04. The quantitative estimate of drug-likeness (QED) is 0.508. The maximum atomic E-state index is 12.7. The second-order valence-electron chi connectivity index (χ2n) is 7.26. The molecule has 0 bridgehead atoms. The molecule has 29 heavy (non-hydrogen) atoms. The summed E-state index contributed by atoms with van der Waals surface area (Å²) < 4.78 is 0. The summed E-state index contributed by atoms with van der Waals surface area (Å²) in [5.41, 5.74) is 0.633. The molecule has 2 aromatic heterocycles. The third-order valence-electron chi connectivity index (χ3n) is 4.85. The van der Waals surface area contributed by atoms with E-state index in [1.54, 1.807) is 18.5 Å². The van der Waals surface area contributed by atoms with Crippen molar-refractivity contribution in [3.63, 3.8) is 0 Å².